The van der Waals surface area contributed by atoms with Gasteiger partial charge in [0.2, 0.25) is 0 Å². The fraction of sp³-hybridized carbons (Fsp3) is 0.389. The van der Waals surface area contributed by atoms with Crippen molar-refractivity contribution < 1.29 is 4.79 Å². The maximum absolute atomic E-state index is 12.9. The number of fused-ring (bicyclic) bond motifs is 2. The summed E-state index contributed by atoms with van der Waals surface area (Å²) in [5.74, 6) is 0.387. The van der Waals surface area contributed by atoms with E-state index in [0.29, 0.717) is 40.5 Å². The summed E-state index contributed by atoms with van der Waals surface area (Å²) in [6.45, 7) is 0. The third-order valence-corrected chi connectivity index (χ3v) is 5.50. The van der Waals surface area contributed by atoms with E-state index in [0.717, 1.165) is 18.2 Å². The molecule has 0 radical (unpaired) electrons. The van der Waals surface area contributed by atoms with Gasteiger partial charge in [-0.25, -0.2) is 9.97 Å². The van der Waals surface area contributed by atoms with E-state index in [2.05, 4.69) is 21.0 Å². The Labute approximate surface area is 143 Å². The predicted octanol–water partition coefficient (Wildman–Crippen LogP) is 3.01. The number of carbonyl (C=O) groups excluding carboxylic acids is 1. The first-order chi connectivity index (χ1) is 12.3. The molecule has 0 saturated heterocycles. The first-order valence-corrected chi connectivity index (χ1v) is 8.61. The average Bonchev–Trinajstić information content (AvgIpc) is 3.37. The Bertz CT molecular complexity index is 1030. The molecule has 124 valence electrons. The third-order valence-electron chi connectivity index (χ3n) is 5.50. The summed E-state index contributed by atoms with van der Waals surface area (Å²) >= 11 is 0. The van der Waals surface area contributed by atoms with Gasteiger partial charge in [-0.3, -0.25) is 9.48 Å². The number of hydrogen-bond acceptors (Lipinski definition) is 5. The third kappa shape index (κ3) is 1.97. The molecule has 3 aromatic heterocycles. The van der Waals surface area contributed by atoms with E-state index in [9.17, 15) is 10.1 Å². The zero-order valence-corrected chi connectivity index (χ0v) is 13.6. The number of nitriles is 1. The minimum atomic E-state index is -0.0584. The minimum Gasteiger partial charge on any atom is -0.345 e. The summed E-state index contributed by atoms with van der Waals surface area (Å²) in [4.78, 5) is 24.5. The summed E-state index contributed by atoms with van der Waals surface area (Å²) in [6.07, 6.45) is 10.0. The van der Waals surface area contributed by atoms with Crippen LogP contribution < -0.4 is 0 Å². The number of rotatable bonds is 3. The van der Waals surface area contributed by atoms with Crippen molar-refractivity contribution in [2.45, 2.75) is 38.1 Å². The van der Waals surface area contributed by atoms with E-state index in [1.165, 1.54) is 19.2 Å². The summed E-state index contributed by atoms with van der Waals surface area (Å²) in [7, 11) is 0. The molecule has 3 heterocycles. The topological polar surface area (TPSA) is 100 Å². The number of H-pyrrole nitrogens is 1. The van der Waals surface area contributed by atoms with Crippen LogP contribution in [0.1, 0.15) is 54.1 Å². The summed E-state index contributed by atoms with van der Waals surface area (Å²) < 4.78 is 1.84. The molecule has 0 amide bonds. The van der Waals surface area contributed by atoms with Crippen LogP contribution in [0.3, 0.4) is 0 Å². The highest BCUT2D eigenvalue weighted by molar-refractivity contribution is 6.24. The Hall–Kier alpha value is -3.01. The highest BCUT2D eigenvalue weighted by Gasteiger charge is 2.34. The smallest absolute Gasteiger partial charge is 0.199 e. The maximum atomic E-state index is 12.9. The fourth-order valence-corrected chi connectivity index (χ4v) is 4.28. The lowest BCUT2D eigenvalue weighted by Crippen LogP contribution is -2.17. The molecule has 1 atom stereocenters. The van der Waals surface area contributed by atoms with Gasteiger partial charge in [0.15, 0.2) is 5.78 Å². The molecule has 1 fully saturated rings. The standard InChI is InChI=1S/C18H16N6O/c19-6-5-13(10-3-1-2-4-10)24-8-12-15(23-24)16-14-11(17(12)25)7-20-18(14)22-9-21-16/h7-10,13H,1-5H2,(H,20,21,22). The lowest BCUT2D eigenvalue weighted by molar-refractivity contribution is 0.104. The average molecular weight is 332 g/mol. The van der Waals surface area contributed by atoms with Gasteiger partial charge in [0, 0.05) is 12.4 Å². The van der Waals surface area contributed by atoms with Gasteiger partial charge in [0.25, 0.3) is 0 Å². The van der Waals surface area contributed by atoms with Crippen molar-refractivity contribution in [3.05, 3.63) is 29.8 Å². The second-order valence-corrected chi connectivity index (χ2v) is 6.82. The summed E-state index contributed by atoms with van der Waals surface area (Å²) in [6, 6.07) is 2.31. The highest BCUT2D eigenvalue weighted by atomic mass is 16.1. The van der Waals surface area contributed by atoms with Crippen molar-refractivity contribution in [1.29, 1.82) is 5.26 Å². The van der Waals surface area contributed by atoms with Crippen LogP contribution in [0.4, 0.5) is 0 Å². The van der Waals surface area contributed by atoms with Crippen molar-refractivity contribution in [3.63, 3.8) is 0 Å². The SMILES string of the molecule is N#CCC(C1CCCC1)n1cc2c(n1)-c1ncnc3[nH]cc(c13)C2=O. The van der Waals surface area contributed by atoms with Crippen LogP contribution in [-0.2, 0) is 0 Å². The second kappa shape index (κ2) is 5.24. The van der Waals surface area contributed by atoms with Gasteiger partial charge in [0.1, 0.15) is 23.4 Å². The number of ketones is 1. The number of nitrogens with one attached hydrogen (secondary N) is 1. The molecule has 0 aromatic carbocycles. The van der Waals surface area contributed by atoms with Gasteiger partial charge in [-0.1, -0.05) is 12.8 Å². The van der Waals surface area contributed by atoms with Gasteiger partial charge in [-0.05, 0) is 18.8 Å². The monoisotopic (exact) mass is 332 g/mol. The molecule has 2 aliphatic carbocycles. The van der Waals surface area contributed by atoms with Crippen molar-refractivity contribution in [1.82, 2.24) is 24.7 Å². The van der Waals surface area contributed by atoms with E-state index < -0.39 is 0 Å². The van der Waals surface area contributed by atoms with Gasteiger partial charge in [-0.2, -0.15) is 10.4 Å². The van der Waals surface area contributed by atoms with E-state index in [4.69, 9.17) is 5.10 Å². The number of nitrogens with zero attached hydrogens (tertiary/aromatic N) is 5. The maximum Gasteiger partial charge on any atom is 0.199 e. The second-order valence-electron chi connectivity index (χ2n) is 6.82. The number of aromatic amines is 1. The molecule has 7 heteroatoms. The summed E-state index contributed by atoms with van der Waals surface area (Å²) in [5, 5.41) is 14.7. The molecule has 5 rings (SSSR count). The normalized spacial score (nSPS) is 17.6. The van der Waals surface area contributed by atoms with Crippen molar-refractivity contribution in [3.8, 4) is 17.5 Å². The predicted molar refractivity (Wildman–Crippen MR) is 89.8 cm³/mol. The number of carbonyl (C=O) groups is 1. The molecule has 0 bridgehead atoms. The quantitative estimate of drug-likeness (QED) is 0.621. The van der Waals surface area contributed by atoms with Crippen molar-refractivity contribution in [2.75, 3.05) is 0 Å². The van der Waals surface area contributed by atoms with E-state index in [-0.39, 0.29) is 11.8 Å². The van der Waals surface area contributed by atoms with Crippen molar-refractivity contribution in [2.24, 2.45) is 5.92 Å². The largest absolute Gasteiger partial charge is 0.345 e. The minimum absolute atomic E-state index is 0.0177. The van der Waals surface area contributed by atoms with Crippen LogP contribution in [-0.4, -0.2) is 30.5 Å². The number of hydrogen-bond donors (Lipinski definition) is 1. The molecule has 2 aliphatic rings. The Morgan fingerprint density at radius 1 is 1.28 bits per heavy atom. The zero-order chi connectivity index (χ0) is 17.0. The lowest BCUT2D eigenvalue weighted by Gasteiger charge is -2.21. The molecule has 7 nitrogen and oxygen atoms in total. The van der Waals surface area contributed by atoms with Crippen molar-refractivity contribution >= 4 is 16.8 Å². The molecule has 1 N–H and O–H groups in total. The van der Waals surface area contributed by atoms with Crippen LogP contribution in [0.25, 0.3) is 22.4 Å². The van der Waals surface area contributed by atoms with Crippen LogP contribution in [0, 0.1) is 17.2 Å². The van der Waals surface area contributed by atoms with Crippen LogP contribution in [0.15, 0.2) is 18.7 Å². The van der Waals surface area contributed by atoms with E-state index >= 15 is 0 Å². The Morgan fingerprint density at radius 3 is 2.92 bits per heavy atom. The highest BCUT2D eigenvalue weighted by Crippen LogP contribution is 2.40. The molecule has 1 unspecified atom stereocenters. The molecule has 0 aliphatic heterocycles. The van der Waals surface area contributed by atoms with E-state index in [1.807, 2.05) is 10.9 Å². The first-order valence-electron chi connectivity index (χ1n) is 8.61. The number of aromatic nitrogens is 5. The van der Waals surface area contributed by atoms with Crippen LogP contribution in [0.2, 0.25) is 0 Å². The fourth-order valence-electron chi connectivity index (χ4n) is 4.28. The molecule has 1 saturated carbocycles. The zero-order valence-electron chi connectivity index (χ0n) is 13.6. The Morgan fingerprint density at radius 2 is 2.12 bits per heavy atom. The molecular formula is C18H16N6O. The lowest BCUT2D eigenvalue weighted by atomic mass is 9.94. The van der Waals surface area contributed by atoms with E-state index in [1.54, 1.807) is 6.20 Å². The molecule has 0 spiro atoms. The molecule has 25 heavy (non-hydrogen) atoms. The van der Waals surface area contributed by atoms with Gasteiger partial charge in [-0.15, -0.1) is 0 Å². The molecular weight excluding hydrogens is 316 g/mol. The van der Waals surface area contributed by atoms with Crippen LogP contribution >= 0.6 is 0 Å². The first kappa shape index (κ1) is 14.3. The van der Waals surface area contributed by atoms with Crippen LogP contribution in [0.5, 0.6) is 0 Å². The molecule has 3 aromatic rings. The summed E-state index contributed by atoms with van der Waals surface area (Å²) in [5.41, 5.74) is 3.10. The Kier molecular flexibility index (Phi) is 3.01. The Balaban J connectivity index is 1.67. The van der Waals surface area contributed by atoms with Gasteiger partial charge in [0.05, 0.1) is 35.0 Å². The van der Waals surface area contributed by atoms with Gasteiger partial charge < -0.3 is 4.98 Å². The van der Waals surface area contributed by atoms with Gasteiger partial charge >= 0.3 is 0 Å².